The number of benzene rings is 1. The molecular formula is C13H17ClN2OS. The summed E-state index contributed by atoms with van der Waals surface area (Å²) < 4.78 is 5.16. The molecule has 0 unspecified atom stereocenters. The summed E-state index contributed by atoms with van der Waals surface area (Å²) in [5.41, 5.74) is 7.69. The van der Waals surface area contributed by atoms with Gasteiger partial charge in [0.1, 0.15) is 4.99 Å². The van der Waals surface area contributed by atoms with Gasteiger partial charge in [-0.2, -0.15) is 0 Å². The number of nitrogens with two attached hydrogens (primary N) is 1. The molecule has 0 bridgehead atoms. The Balaban J connectivity index is 2.30. The lowest BCUT2D eigenvalue weighted by atomic mass is 10.1. The van der Waals surface area contributed by atoms with Crippen molar-refractivity contribution in [2.24, 2.45) is 5.73 Å². The molecule has 3 nitrogen and oxygen atoms in total. The third kappa shape index (κ3) is 3.13. The fourth-order valence-corrected chi connectivity index (χ4v) is 2.37. The molecule has 1 saturated carbocycles. The fourth-order valence-electron chi connectivity index (χ4n) is 2.03. The monoisotopic (exact) mass is 284 g/mol. The van der Waals surface area contributed by atoms with E-state index in [0.29, 0.717) is 22.7 Å². The lowest BCUT2D eigenvalue weighted by Gasteiger charge is -2.26. The van der Waals surface area contributed by atoms with E-state index in [9.17, 15) is 0 Å². The van der Waals surface area contributed by atoms with Crippen LogP contribution >= 0.6 is 23.8 Å². The van der Waals surface area contributed by atoms with Gasteiger partial charge in [-0.1, -0.05) is 23.8 Å². The van der Waals surface area contributed by atoms with Crippen LogP contribution in [-0.4, -0.2) is 31.3 Å². The number of ether oxygens (including phenoxy) is 1. The summed E-state index contributed by atoms with van der Waals surface area (Å²) in [4.78, 5) is 2.70. The average molecular weight is 285 g/mol. The Bertz CT molecular complexity index is 449. The van der Waals surface area contributed by atoms with Crippen molar-refractivity contribution in [3.63, 3.8) is 0 Å². The minimum absolute atomic E-state index is 0.385. The van der Waals surface area contributed by atoms with E-state index in [0.717, 1.165) is 17.8 Å². The number of halogens is 1. The molecule has 0 aromatic heterocycles. The Labute approximate surface area is 118 Å². The van der Waals surface area contributed by atoms with Gasteiger partial charge in [-0.05, 0) is 31.0 Å². The fraction of sp³-hybridized carbons (Fsp3) is 0.462. The van der Waals surface area contributed by atoms with E-state index in [4.69, 9.17) is 34.3 Å². The molecule has 0 atom stereocenters. The molecule has 0 spiro atoms. The maximum atomic E-state index is 6.01. The molecule has 0 radical (unpaired) electrons. The Morgan fingerprint density at radius 3 is 2.83 bits per heavy atom. The predicted molar refractivity (Wildman–Crippen MR) is 79.6 cm³/mol. The maximum Gasteiger partial charge on any atom is 0.106 e. The van der Waals surface area contributed by atoms with E-state index in [1.807, 2.05) is 18.2 Å². The first-order valence-corrected chi connectivity index (χ1v) is 6.77. The molecule has 1 aliphatic rings. The van der Waals surface area contributed by atoms with Gasteiger partial charge in [-0.15, -0.1) is 0 Å². The molecule has 0 aliphatic heterocycles. The van der Waals surface area contributed by atoms with E-state index >= 15 is 0 Å². The lowest BCUT2D eigenvalue weighted by Crippen LogP contribution is -2.31. The van der Waals surface area contributed by atoms with Crippen molar-refractivity contribution in [3.8, 4) is 0 Å². The first-order chi connectivity index (χ1) is 8.63. The van der Waals surface area contributed by atoms with Gasteiger partial charge in [-0.25, -0.2) is 0 Å². The van der Waals surface area contributed by atoms with Crippen molar-refractivity contribution in [2.45, 2.75) is 18.9 Å². The number of rotatable bonds is 6. The largest absolute Gasteiger partial charge is 0.389 e. The Hall–Kier alpha value is -0.840. The summed E-state index contributed by atoms with van der Waals surface area (Å²) in [6.07, 6.45) is 2.42. The van der Waals surface area contributed by atoms with Gasteiger partial charge in [0.2, 0.25) is 0 Å². The van der Waals surface area contributed by atoms with Crippen LogP contribution in [0.4, 0.5) is 5.69 Å². The van der Waals surface area contributed by atoms with E-state index in [1.165, 1.54) is 12.8 Å². The number of hydrogen-bond acceptors (Lipinski definition) is 3. The number of hydrogen-bond donors (Lipinski definition) is 1. The van der Waals surface area contributed by atoms with Crippen molar-refractivity contribution >= 4 is 34.5 Å². The molecule has 0 amide bonds. The number of anilines is 1. The summed E-state index contributed by atoms with van der Waals surface area (Å²) in [5.74, 6) is 0. The minimum Gasteiger partial charge on any atom is -0.389 e. The summed E-state index contributed by atoms with van der Waals surface area (Å²) in [6, 6.07) is 6.28. The van der Waals surface area contributed by atoms with E-state index in [-0.39, 0.29) is 0 Å². The van der Waals surface area contributed by atoms with Crippen LogP contribution in [0.3, 0.4) is 0 Å². The standard InChI is InChI=1S/C13H17ClN2OS/c1-17-7-6-16(10-3-4-10)12-5-2-9(14)8-11(12)13(15)18/h2,5,8,10H,3-4,6-7H2,1H3,(H2,15,18). The van der Waals surface area contributed by atoms with Crippen LogP contribution in [0.2, 0.25) is 5.02 Å². The van der Waals surface area contributed by atoms with E-state index in [1.54, 1.807) is 7.11 Å². The molecule has 2 rings (SSSR count). The molecule has 18 heavy (non-hydrogen) atoms. The molecule has 2 N–H and O–H groups in total. The normalized spacial score (nSPS) is 14.6. The molecule has 0 saturated heterocycles. The average Bonchev–Trinajstić information content (AvgIpc) is 3.15. The van der Waals surface area contributed by atoms with Crippen LogP contribution < -0.4 is 10.6 Å². The number of methoxy groups -OCH3 is 1. The molecule has 1 aromatic carbocycles. The predicted octanol–water partition coefficient (Wildman–Crippen LogP) is 2.59. The SMILES string of the molecule is COCCN(c1ccc(Cl)cc1C(N)=S)C1CC1. The quantitative estimate of drug-likeness (QED) is 0.815. The van der Waals surface area contributed by atoms with Gasteiger partial charge in [0.25, 0.3) is 0 Å². The van der Waals surface area contributed by atoms with E-state index in [2.05, 4.69) is 4.90 Å². The van der Waals surface area contributed by atoms with Crippen molar-refractivity contribution in [2.75, 3.05) is 25.2 Å². The summed E-state index contributed by atoms with van der Waals surface area (Å²) in [7, 11) is 1.71. The minimum atomic E-state index is 0.385. The van der Waals surface area contributed by atoms with Crippen molar-refractivity contribution in [3.05, 3.63) is 28.8 Å². The highest BCUT2D eigenvalue weighted by Crippen LogP contribution is 2.34. The van der Waals surface area contributed by atoms with Gasteiger partial charge in [0, 0.05) is 36.0 Å². The van der Waals surface area contributed by atoms with E-state index < -0.39 is 0 Å². The van der Waals surface area contributed by atoms with Crippen LogP contribution in [0.15, 0.2) is 18.2 Å². The zero-order valence-electron chi connectivity index (χ0n) is 10.4. The molecular weight excluding hydrogens is 268 g/mol. The van der Waals surface area contributed by atoms with Crippen LogP contribution in [0.1, 0.15) is 18.4 Å². The van der Waals surface area contributed by atoms with Gasteiger partial charge in [-0.3, -0.25) is 0 Å². The number of thiocarbonyl (C=S) groups is 1. The molecule has 1 aliphatic carbocycles. The molecule has 5 heteroatoms. The molecule has 98 valence electrons. The second-order valence-electron chi connectivity index (χ2n) is 4.44. The highest BCUT2D eigenvalue weighted by atomic mass is 35.5. The number of nitrogens with zero attached hydrogens (tertiary/aromatic N) is 1. The lowest BCUT2D eigenvalue weighted by molar-refractivity contribution is 0.205. The third-order valence-corrected chi connectivity index (χ3v) is 3.51. The second kappa shape index (κ2) is 5.87. The van der Waals surface area contributed by atoms with Crippen molar-refractivity contribution < 1.29 is 4.74 Å². The molecule has 1 fully saturated rings. The zero-order chi connectivity index (χ0) is 13.1. The zero-order valence-corrected chi connectivity index (χ0v) is 11.9. The Morgan fingerprint density at radius 2 is 2.28 bits per heavy atom. The van der Waals surface area contributed by atoms with Crippen LogP contribution in [0.25, 0.3) is 0 Å². The third-order valence-electron chi connectivity index (χ3n) is 3.06. The van der Waals surface area contributed by atoms with Gasteiger partial charge in [0.05, 0.1) is 6.61 Å². The van der Waals surface area contributed by atoms with Gasteiger partial charge >= 0.3 is 0 Å². The van der Waals surface area contributed by atoms with Crippen LogP contribution in [-0.2, 0) is 4.74 Å². The smallest absolute Gasteiger partial charge is 0.106 e. The molecule has 1 aromatic rings. The maximum absolute atomic E-state index is 6.01. The summed E-state index contributed by atoms with van der Waals surface area (Å²) in [5, 5.41) is 0.657. The first kappa shape index (κ1) is 13.6. The topological polar surface area (TPSA) is 38.5 Å². The van der Waals surface area contributed by atoms with Crippen molar-refractivity contribution in [1.82, 2.24) is 0 Å². The first-order valence-electron chi connectivity index (χ1n) is 5.98. The van der Waals surface area contributed by atoms with Gasteiger partial charge in [0.15, 0.2) is 0 Å². The van der Waals surface area contributed by atoms with Crippen LogP contribution in [0, 0.1) is 0 Å². The Morgan fingerprint density at radius 1 is 1.56 bits per heavy atom. The molecule has 0 heterocycles. The highest BCUT2D eigenvalue weighted by Gasteiger charge is 2.30. The van der Waals surface area contributed by atoms with Gasteiger partial charge < -0.3 is 15.4 Å². The van der Waals surface area contributed by atoms with Crippen LogP contribution in [0.5, 0.6) is 0 Å². The highest BCUT2D eigenvalue weighted by molar-refractivity contribution is 7.80. The Kier molecular flexibility index (Phi) is 4.43. The van der Waals surface area contributed by atoms with Crippen molar-refractivity contribution in [1.29, 1.82) is 0 Å². The summed E-state index contributed by atoms with van der Waals surface area (Å²) >= 11 is 11.1. The summed E-state index contributed by atoms with van der Waals surface area (Å²) in [6.45, 7) is 1.54. The second-order valence-corrected chi connectivity index (χ2v) is 5.32.